The van der Waals surface area contributed by atoms with E-state index in [0.29, 0.717) is 6.04 Å². The van der Waals surface area contributed by atoms with Crippen LogP contribution in [0.15, 0.2) is 0 Å². The predicted molar refractivity (Wildman–Crippen MR) is 66.0 cm³/mol. The van der Waals surface area contributed by atoms with Crippen molar-refractivity contribution in [1.82, 2.24) is 9.80 Å². The van der Waals surface area contributed by atoms with Crippen molar-refractivity contribution in [3.8, 4) is 0 Å². The van der Waals surface area contributed by atoms with Gasteiger partial charge in [-0.2, -0.15) is 0 Å². The summed E-state index contributed by atoms with van der Waals surface area (Å²) in [6.45, 7) is 10.4. The van der Waals surface area contributed by atoms with E-state index in [2.05, 4.69) is 30.7 Å². The number of hydrogen-bond acceptors (Lipinski definition) is 3. The third-order valence-electron chi connectivity index (χ3n) is 3.42. The Bertz CT molecular complexity index is 172. The maximum Gasteiger partial charge on any atom is 0.0195 e. The molecular weight excluding hydrogens is 186 g/mol. The van der Waals surface area contributed by atoms with Gasteiger partial charge in [0.15, 0.2) is 0 Å². The molecule has 1 rings (SSSR count). The molecule has 3 heteroatoms. The van der Waals surface area contributed by atoms with Crippen LogP contribution in [0.4, 0.5) is 0 Å². The quantitative estimate of drug-likeness (QED) is 0.739. The predicted octanol–water partition coefficient (Wildman–Crippen LogP) is 0.997. The molecule has 0 radical (unpaired) electrons. The Morgan fingerprint density at radius 2 is 2.13 bits per heavy atom. The van der Waals surface area contributed by atoms with Crippen LogP contribution in [0.5, 0.6) is 0 Å². The molecule has 1 heterocycles. The molecule has 1 aliphatic heterocycles. The third-order valence-corrected chi connectivity index (χ3v) is 3.42. The van der Waals surface area contributed by atoms with Crippen molar-refractivity contribution >= 4 is 0 Å². The molecule has 1 saturated heterocycles. The van der Waals surface area contributed by atoms with Crippen LogP contribution in [0.2, 0.25) is 0 Å². The van der Waals surface area contributed by atoms with Gasteiger partial charge in [-0.3, -0.25) is 4.90 Å². The van der Waals surface area contributed by atoms with Gasteiger partial charge in [0.25, 0.3) is 0 Å². The van der Waals surface area contributed by atoms with E-state index in [1.807, 2.05) is 0 Å². The smallest absolute Gasteiger partial charge is 0.0195 e. The summed E-state index contributed by atoms with van der Waals surface area (Å²) >= 11 is 0. The molecule has 2 unspecified atom stereocenters. The van der Waals surface area contributed by atoms with Crippen LogP contribution in [0, 0.1) is 5.92 Å². The van der Waals surface area contributed by atoms with Gasteiger partial charge in [0, 0.05) is 32.2 Å². The molecule has 15 heavy (non-hydrogen) atoms. The fourth-order valence-electron chi connectivity index (χ4n) is 2.41. The molecule has 0 aromatic rings. The lowest BCUT2D eigenvalue weighted by Gasteiger charge is -2.39. The first-order valence-corrected chi connectivity index (χ1v) is 6.26. The minimum absolute atomic E-state index is 0.712. The molecule has 0 spiro atoms. The van der Waals surface area contributed by atoms with Gasteiger partial charge < -0.3 is 10.6 Å². The molecule has 90 valence electrons. The van der Waals surface area contributed by atoms with E-state index in [1.165, 1.54) is 39.0 Å². The lowest BCUT2D eigenvalue weighted by atomic mass is 10.0. The molecule has 2 atom stereocenters. The number of likely N-dealkylation sites (N-methyl/N-ethyl adjacent to an activating group) is 1. The van der Waals surface area contributed by atoms with E-state index in [4.69, 9.17) is 5.73 Å². The Morgan fingerprint density at radius 3 is 2.73 bits per heavy atom. The van der Waals surface area contributed by atoms with Crippen molar-refractivity contribution in [2.45, 2.75) is 32.7 Å². The monoisotopic (exact) mass is 213 g/mol. The summed E-state index contributed by atoms with van der Waals surface area (Å²) in [6, 6.07) is 0.712. The van der Waals surface area contributed by atoms with Crippen LogP contribution in [0.25, 0.3) is 0 Å². The van der Waals surface area contributed by atoms with Crippen molar-refractivity contribution in [1.29, 1.82) is 0 Å². The van der Waals surface area contributed by atoms with Crippen LogP contribution in [0.3, 0.4) is 0 Å². The molecule has 1 aliphatic rings. The van der Waals surface area contributed by atoms with Gasteiger partial charge in [-0.05, 0) is 39.3 Å². The number of nitrogens with two attached hydrogens (primary N) is 1. The van der Waals surface area contributed by atoms with Gasteiger partial charge in [0.2, 0.25) is 0 Å². The zero-order valence-electron chi connectivity index (χ0n) is 10.6. The molecule has 0 saturated carbocycles. The Hall–Kier alpha value is -0.120. The van der Waals surface area contributed by atoms with Gasteiger partial charge in [-0.25, -0.2) is 0 Å². The van der Waals surface area contributed by atoms with Crippen LogP contribution < -0.4 is 5.73 Å². The summed E-state index contributed by atoms with van der Waals surface area (Å²) in [5, 5.41) is 0. The van der Waals surface area contributed by atoms with E-state index < -0.39 is 0 Å². The zero-order valence-corrected chi connectivity index (χ0v) is 10.6. The first-order valence-electron chi connectivity index (χ1n) is 6.26. The highest BCUT2D eigenvalue weighted by Crippen LogP contribution is 2.13. The molecule has 0 bridgehead atoms. The summed E-state index contributed by atoms with van der Waals surface area (Å²) in [5.74, 6) is 0.791. The zero-order chi connectivity index (χ0) is 11.3. The molecular formula is C12H27N3. The Labute approximate surface area is 94.6 Å². The van der Waals surface area contributed by atoms with Gasteiger partial charge >= 0.3 is 0 Å². The van der Waals surface area contributed by atoms with Crippen LogP contribution in [0.1, 0.15) is 26.7 Å². The first kappa shape index (κ1) is 12.9. The third kappa shape index (κ3) is 4.49. The van der Waals surface area contributed by atoms with Crippen molar-refractivity contribution in [2.24, 2.45) is 11.7 Å². The summed E-state index contributed by atoms with van der Waals surface area (Å²) in [7, 11) is 2.21. The van der Waals surface area contributed by atoms with E-state index in [0.717, 1.165) is 12.5 Å². The summed E-state index contributed by atoms with van der Waals surface area (Å²) in [4.78, 5) is 5.05. The normalized spacial score (nSPS) is 26.8. The Kier molecular flexibility index (Phi) is 5.58. The molecule has 0 aromatic heterocycles. The van der Waals surface area contributed by atoms with Crippen LogP contribution >= 0.6 is 0 Å². The number of nitrogens with zero attached hydrogens (tertiary/aromatic N) is 2. The van der Waals surface area contributed by atoms with E-state index >= 15 is 0 Å². The van der Waals surface area contributed by atoms with E-state index in [-0.39, 0.29) is 0 Å². The van der Waals surface area contributed by atoms with Crippen molar-refractivity contribution in [2.75, 3.05) is 39.8 Å². The molecule has 1 fully saturated rings. The maximum absolute atomic E-state index is 5.54. The van der Waals surface area contributed by atoms with Crippen LogP contribution in [-0.2, 0) is 0 Å². The second-order valence-corrected chi connectivity index (χ2v) is 5.14. The Balaban J connectivity index is 2.25. The number of rotatable bonds is 5. The average Bonchev–Trinajstić information content (AvgIpc) is 2.19. The highest BCUT2D eigenvalue weighted by atomic mass is 15.3. The minimum Gasteiger partial charge on any atom is -0.330 e. The molecule has 0 aromatic carbocycles. The van der Waals surface area contributed by atoms with Crippen molar-refractivity contribution in [3.05, 3.63) is 0 Å². The lowest BCUT2D eigenvalue weighted by Crippen LogP contribution is -2.51. The topological polar surface area (TPSA) is 32.5 Å². The second-order valence-electron chi connectivity index (χ2n) is 5.14. The first-order chi connectivity index (χ1) is 7.13. The van der Waals surface area contributed by atoms with Gasteiger partial charge in [-0.15, -0.1) is 0 Å². The van der Waals surface area contributed by atoms with Gasteiger partial charge in [0.05, 0.1) is 0 Å². The standard InChI is InChI=1S/C12H27N3/c1-11(5-4-6-13)9-15-8-7-14(3)10-12(15)2/h11-12H,4-10,13H2,1-3H3. The van der Waals surface area contributed by atoms with Gasteiger partial charge in [-0.1, -0.05) is 6.92 Å². The highest BCUT2D eigenvalue weighted by Gasteiger charge is 2.22. The minimum atomic E-state index is 0.712. The molecule has 2 N–H and O–H groups in total. The fourth-order valence-corrected chi connectivity index (χ4v) is 2.41. The number of hydrogen-bond donors (Lipinski definition) is 1. The van der Waals surface area contributed by atoms with Gasteiger partial charge in [0.1, 0.15) is 0 Å². The lowest BCUT2D eigenvalue weighted by molar-refractivity contribution is 0.0858. The van der Waals surface area contributed by atoms with Crippen molar-refractivity contribution < 1.29 is 0 Å². The second kappa shape index (κ2) is 6.46. The van der Waals surface area contributed by atoms with E-state index in [1.54, 1.807) is 0 Å². The van der Waals surface area contributed by atoms with Crippen LogP contribution in [-0.4, -0.2) is 55.6 Å². The molecule has 0 aliphatic carbocycles. The highest BCUT2D eigenvalue weighted by molar-refractivity contribution is 4.78. The summed E-state index contributed by atoms with van der Waals surface area (Å²) in [6.07, 6.45) is 2.44. The largest absolute Gasteiger partial charge is 0.330 e. The maximum atomic E-state index is 5.54. The van der Waals surface area contributed by atoms with E-state index in [9.17, 15) is 0 Å². The fraction of sp³-hybridized carbons (Fsp3) is 1.00. The Morgan fingerprint density at radius 1 is 1.40 bits per heavy atom. The average molecular weight is 213 g/mol. The van der Waals surface area contributed by atoms with Crippen molar-refractivity contribution in [3.63, 3.8) is 0 Å². The number of piperazine rings is 1. The molecule has 0 amide bonds. The summed E-state index contributed by atoms with van der Waals surface area (Å²) < 4.78 is 0. The SMILES string of the molecule is CC(CCCN)CN1CCN(C)CC1C. The summed E-state index contributed by atoms with van der Waals surface area (Å²) in [5.41, 5.74) is 5.54. The molecule has 3 nitrogen and oxygen atoms in total.